The molecule has 1 aliphatic heterocycles. The second-order valence-corrected chi connectivity index (χ2v) is 6.39. The molecule has 24 heavy (non-hydrogen) atoms. The van der Waals surface area contributed by atoms with Gasteiger partial charge in [-0.2, -0.15) is 0 Å². The molecule has 4 heteroatoms. The van der Waals surface area contributed by atoms with Crippen LogP contribution in [0.3, 0.4) is 0 Å². The Hall–Kier alpha value is -2.62. The van der Waals surface area contributed by atoms with Crippen LogP contribution in [0.15, 0.2) is 61.1 Å². The Labute approximate surface area is 141 Å². The van der Waals surface area contributed by atoms with Crippen LogP contribution in [0.2, 0.25) is 0 Å². The Morgan fingerprint density at radius 1 is 1.12 bits per heavy atom. The maximum atomic E-state index is 13.0. The highest BCUT2D eigenvalue weighted by molar-refractivity contribution is 5.83. The van der Waals surface area contributed by atoms with E-state index in [1.54, 1.807) is 6.20 Å². The molecule has 1 aliphatic rings. The van der Waals surface area contributed by atoms with E-state index in [0.29, 0.717) is 6.54 Å². The number of carbonyl (C=O) groups excluding carboxylic acids is 1. The summed E-state index contributed by atoms with van der Waals surface area (Å²) in [5.74, 6) is 0.185. The molecule has 0 N–H and O–H groups in total. The molecular weight excluding hydrogens is 298 g/mol. The fourth-order valence-corrected chi connectivity index (χ4v) is 3.66. The monoisotopic (exact) mass is 319 g/mol. The normalized spacial score (nSPS) is 18.0. The first-order valence-corrected chi connectivity index (χ1v) is 8.56. The van der Waals surface area contributed by atoms with E-state index in [0.717, 1.165) is 36.9 Å². The Balaban J connectivity index is 1.58. The third kappa shape index (κ3) is 2.80. The Kier molecular flexibility index (Phi) is 4.03. The van der Waals surface area contributed by atoms with Gasteiger partial charge in [0.15, 0.2) is 0 Å². The van der Waals surface area contributed by atoms with Crippen molar-refractivity contribution in [3.8, 4) is 0 Å². The smallest absolute Gasteiger partial charge is 0.243 e. The van der Waals surface area contributed by atoms with Crippen LogP contribution < -0.4 is 0 Å². The summed E-state index contributed by atoms with van der Waals surface area (Å²) in [6, 6.07) is 14.4. The Morgan fingerprint density at radius 2 is 2.04 bits per heavy atom. The topological polar surface area (TPSA) is 38.1 Å². The van der Waals surface area contributed by atoms with Crippen LogP contribution in [-0.2, 0) is 11.3 Å². The Morgan fingerprint density at radius 3 is 2.92 bits per heavy atom. The standard InChI is InChI=1S/C20H21N3O/c24-20(15-22-13-10-16-6-1-2-8-18(16)22)23-12-4-3-9-19(23)17-7-5-11-21-14-17/h1-2,5-8,10-11,13-14,19H,3-4,9,12,15H2. The molecule has 0 spiro atoms. The number of hydrogen-bond donors (Lipinski definition) is 0. The molecule has 122 valence electrons. The van der Waals surface area contributed by atoms with Gasteiger partial charge in [-0.05, 0) is 48.4 Å². The van der Waals surface area contributed by atoms with E-state index in [1.165, 1.54) is 5.39 Å². The van der Waals surface area contributed by atoms with Gasteiger partial charge in [0.2, 0.25) is 5.91 Å². The van der Waals surface area contributed by atoms with Gasteiger partial charge >= 0.3 is 0 Å². The first kappa shape index (κ1) is 14.9. The molecule has 1 saturated heterocycles. The lowest BCUT2D eigenvalue weighted by molar-refractivity contribution is -0.135. The number of piperidine rings is 1. The molecule has 1 unspecified atom stereocenters. The molecule has 0 saturated carbocycles. The third-order valence-electron chi connectivity index (χ3n) is 4.88. The number of hydrogen-bond acceptors (Lipinski definition) is 2. The summed E-state index contributed by atoms with van der Waals surface area (Å²) in [5.41, 5.74) is 2.25. The second kappa shape index (κ2) is 6.48. The quantitative estimate of drug-likeness (QED) is 0.736. The average molecular weight is 319 g/mol. The highest BCUT2D eigenvalue weighted by atomic mass is 16.2. The van der Waals surface area contributed by atoms with Gasteiger partial charge in [-0.3, -0.25) is 9.78 Å². The van der Waals surface area contributed by atoms with E-state index in [9.17, 15) is 4.79 Å². The number of pyridine rings is 1. The number of aromatic nitrogens is 2. The molecule has 1 fully saturated rings. The zero-order valence-electron chi connectivity index (χ0n) is 13.6. The molecule has 4 nitrogen and oxygen atoms in total. The number of para-hydroxylation sites is 1. The molecule has 1 aromatic carbocycles. The second-order valence-electron chi connectivity index (χ2n) is 6.39. The van der Waals surface area contributed by atoms with Crippen LogP contribution in [0.5, 0.6) is 0 Å². The van der Waals surface area contributed by atoms with Crippen molar-refractivity contribution < 1.29 is 4.79 Å². The van der Waals surface area contributed by atoms with Crippen molar-refractivity contribution in [2.75, 3.05) is 6.54 Å². The van der Waals surface area contributed by atoms with Gasteiger partial charge in [0, 0.05) is 30.7 Å². The summed E-state index contributed by atoms with van der Waals surface area (Å²) in [5, 5.41) is 1.17. The molecule has 4 rings (SSSR count). The van der Waals surface area contributed by atoms with Crippen molar-refractivity contribution in [2.24, 2.45) is 0 Å². The molecule has 1 amide bonds. The summed E-state index contributed by atoms with van der Waals surface area (Å²) in [7, 11) is 0. The van der Waals surface area contributed by atoms with Gasteiger partial charge in [0.25, 0.3) is 0 Å². The fourth-order valence-electron chi connectivity index (χ4n) is 3.66. The predicted molar refractivity (Wildman–Crippen MR) is 94.5 cm³/mol. The SMILES string of the molecule is O=C(Cn1ccc2ccccc21)N1CCCCC1c1cccnc1. The molecule has 3 heterocycles. The van der Waals surface area contributed by atoms with Crippen molar-refractivity contribution in [3.63, 3.8) is 0 Å². The van der Waals surface area contributed by atoms with E-state index in [4.69, 9.17) is 0 Å². The van der Waals surface area contributed by atoms with Crippen molar-refractivity contribution >= 4 is 16.8 Å². The minimum atomic E-state index is 0.154. The number of nitrogens with zero attached hydrogens (tertiary/aromatic N) is 3. The van der Waals surface area contributed by atoms with E-state index < -0.39 is 0 Å². The van der Waals surface area contributed by atoms with Gasteiger partial charge in [-0.15, -0.1) is 0 Å². The lowest BCUT2D eigenvalue weighted by Crippen LogP contribution is -2.40. The van der Waals surface area contributed by atoms with Gasteiger partial charge in [-0.1, -0.05) is 24.3 Å². The van der Waals surface area contributed by atoms with Crippen LogP contribution in [0, 0.1) is 0 Å². The van der Waals surface area contributed by atoms with Gasteiger partial charge < -0.3 is 9.47 Å². The van der Waals surface area contributed by atoms with Crippen molar-refractivity contribution in [3.05, 3.63) is 66.6 Å². The third-order valence-corrected chi connectivity index (χ3v) is 4.88. The highest BCUT2D eigenvalue weighted by Gasteiger charge is 2.28. The molecule has 0 aliphatic carbocycles. The molecule has 2 aromatic heterocycles. The number of carbonyl (C=O) groups is 1. The minimum Gasteiger partial charge on any atom is -0.338 e. The van der Waals surface area contributed by atoms with E-state index >= 15 is 0 Å². The highest BCUT2D eigenvalue weighted by Crippen LogP contribution is 2.30. The predicted octanol–water partition coefficient (Wildman–Crippen LogP) is 3.79. The van der Waals surface area contributed by atoms with Gasteiger partial charge in [0.05, 0.1) is 6.04 Å². The number of amides is 1. The van der Waals surface area contributed by atoms with Crippen LogP contribution >= 0.6 is 0 Å². The van der Waals surface area contributed by atoms with E-state index in [-0.39, 0.29) is 11.9 Å². The summed E-state index contributed by atoms with van der Waals surface area (Å²) < 4.78 is 2.05. The van der Waals surface area contributed by atoms with Crippen LogP contribution in [0.4, 0.5) is 0 Å². The van der Waals surface area contributed by atoms with Crippen LogP contribution in [0.1, 0.15) is 30.9 Å². The maximum Gasteiger partial charge on any atom is 0.243 e. The number of rotatable bonds is 3. The molecule has 1 atom stereocenters. The lowest BCUT2D eigenvalue weighted by atomic mass is 9.96. The zero-order chi connectivity index (χ0) is 16.4. The number of fused-ring (bicyclic) bond motifs is 1. The van der Waals surface area contributed by atoms with Gasteiger partial charge in [-0.25, -0.2) is 0 Å². The Bertz CT molecular complexity index is 840. The molecule has 0 radical (unpaired) electrons. The molecule has 0 bridgehead atoms. The summed E-state index contributed by atoms with van der Waals surface area (Å²) in [6.07, 6.45) is 8.94. The number of benzene rings is 1. The first-order chi connectivity index (χ1) is 11.8. The van der Waals surface area contributed by atoms with E-state index in [1.807, 2.05) is 40.1 Å². The molecular formula is C20H21N3O. The maximum absolute atomic E-state index is 13.0. The zero-order valence-corrected chi connectivity index (χ0v) is 13.6. The lowest BCUT2D eigenvalue weighted by Gasteiger charge is -2.36. The number of likely N-dealkylation sites (tertiary alicyclic amines) is 1. The summed E-state index contributed by atoms with van der Waals surface area (Å²) >= 11 is 0. The first-order valence-electron chi connectivity index (χ1n) is 8.56. The fraction of sp³-hybridized carbons (Fsp3) is 0.300. The van der Waals surface area contributed by atoms with Crippen molar-refractivity contribution in [2.45, 2.75) is 31.8 Å². The summed E-state index contributed by atoms with van der Waals surface area (Å²) in [4.78, 5) is 19.2. The van der Waals surface area contributed by atoms with Crippen molar-refractivity contribution in [1.29, 1.82) is 0 Å². The summed E-state index contributed by atoms with van der Waals surface area (Å²) in [6.45, 7) is 1.22. The largest absolute Gasteiger partial charge is 0.338 e. The van der Waals surface area contributed by atoms with Crippen LogP contribution in [0.25, 0.3) is 10.9 Å². The van der Waals surface area contributed by atoms with Gasteiger partial charge in [0.1, 0.15) is 6.54 Å². The van der Waals surface area contributed by atoms with E-state index in [2.05, 4.69) is 29.2 Å². The van der Waals surface area contributed by atoms with Crippen LogP contribution in [-0.4, -0.2) is 26.9 Å². The molecule has 3 aromatic rings. The van der Waals surface area contributed by atoms with Crippen molar-refractivity contribution in [1.82, 2.24) is 14.5 Å². The average Bonchev–Trinajstić information content (AvgIpc) is 3.05. The minimum absolute atomic E-state index is 0.154.